The van der Waals surface area contributed by atoms with E-state index < -0.39 is 0 Å². The van der Waals surface area contributed by atoms with E-state index in [1.54, 1.807) is 17.0 Å². The average Bonchev–Trinajstić information content (AvgIpc) is 2.47. The molecule has 0 N–H and O–H groups in total. The molecule has 0 radical (unpaired) electrons. The van der Waals surface area contributed by atoms with Gasteiger partial charge >= 0.3 is 0 Å². The Balaban J connectivity index is 2.10. The topological polar surface area (TPSA) is 29.5 Å². The van der Waals surface area contributed by atoms with E-state index in [0.29, 0.717) is 36.2 Å². The number of morpholine rings is 1. The first-order valence-corrected chi connectivity index (χ1v) is 7.21. The molecule has 1 fully saturated rings. The van der Waals surface area contributed by atoms with Gasteiger partial charge in [0.15, 0.2) is 0 Å². The van der Waals surface area contributed by atoms with Gasteiger partial charge in [-0.2, -0.15) is 0 Å². The summed E-state index contributed by atoms with van der Waals surface area (Å²) in [7, 11) is 0. The number of benzene rings is 1. The van der Waals surface area contributed by atoms with Crippen molar-refractivity contribution in [1.29, 1.82) is 0 Å². The van der Waals surface area contributed by atoms with Gasteiger partial charge in [0.1, 0.15) is 6.10 Å². The van der Waals surface area contributed by atoms with E-state index in [-0.39, 0.29) is 12.0 Å². The van der Waals surface area contributed by atoms with Crippen molar-refractivity contribution in [3.63, 3.8) is 0 Å². The molecule has 2 rings (SSSR count). The second kappa shape index (κ2) is 6.99. The zero-order valence-electron chi connectivity index (χ0n) is 11.2. The van der Waals surface area contributed by atoms with Crippen LogP contribution in [-0.2, 0) is 9.53 Å². The highest BCUT2D eigenvalue weighted by Gasteiger charge is 2.24. The Morgan fingerprint density at radius 1 is 1.45 bits per heavy atom. The Morgan fingerprint density at radius 3 is 2.95 bits per heavy atom. The van der Waals surface area contributed by atoms with E-state index in [1.807, 2.05) is 13.0 Å². The van der Waals surface area contributed by atoms with Gasteiger partial charge in [-0.25, -0.2) is 0 Å². The number of hydrogen-bond donors (Lipinski definition) is 0. The predicted octanol–water partition coefficient (Wildman–Crippen LogP) is 3.31. The quantitative estimate of drug-likeness (QED) is 0.745. The fourth-order valence-corrected chi connectivity index (χ4v) is 2.30. The number of rotatable bonds is 1. The highest BCUT2D eigenvalue weighted by molar-refractivity contribution is 6.42. The number of carbonyl (C=O) groups excluding carboxylic acids is 1. The summed E-state index contributed by atoms with van der Waals surface area (Å²) < 4.78 is 5.70. The zero-order valence-corrected chi connectivity index (χ0v) is 12.7. The van der Waals surface area contributed by atoms with Gasteiger partial charge in [0.25, 0.3) is 5.91 Å². The van der Waals surface area contributed by atoms with E-state index >= 15 is 0 Å². The van der Waals surface area contributed by atoms with Crippen LogP contribution in [0.3, 0.4) is 0 Å². The van der Waals surface area contributed by atoms with Crippen molar-refractivity contribution in [2.45, 2.75) is 19.4 Å². The highest BCUT2D eigenvalue weighted by atomic mass is 35.5. The van der Waals surface area contributed by atoms with Crippen LogP contribution in [0.1, 0.15) is 25.0 Å². The molecular formula is C15H15Cl2NO2. The summed E-state index contributed by atoms with van der Waals surface area (Å²) in [5, 5.41) is 0.995. The van der Waals surface area contributed by atoms with Crippen LogP contribution in [0.25, 0.3) is 0 Å². The summed E-state index contributed by atoms with van der Waals surface area (Å²) in [5.74, 6) is 5.27. The molecule has 1 aromatic carbocycles. The maximum Gasteiger partial charge on any atom is 0.298 e. The van der Waals surface area contributed by atoms with Crippen LogP contribution in [0.4, 0.5) is 0 Å². The normalized spacial score (nSPS) is 18.4. The van der Waals surface area contributed by atoms with Gasteiger partial charge in [-0.1, -0.05) is 42.1 Å². The first-order chi connectivity index (χ1) is 9.61. The van der Waals surface area contributed by atoms with Crippen molar-refractivity contribution in [1.82, 2.24) is 4.90 Å². The van der Waals surface area contributed by atoms with Crippen LogP contribution in [0.2, 0.25) is 10.0 Å². The molecule has 1 saturated heterocycles. The zero-order chi connectivity index (χ0) is 14.5. The van der Waals surface area contributed by atoms with Crippen LogP contribution in [0.5, 0.6) is 0 Å². The molecule has 1 atom stereocenters. The molecule has 106 valence electrons. The first kappa shape index (κ1) is 15.2. The van der Waals surface area contributed by atoms with Gasteiger partial charge in [-0.3, -0.25) is 4.79 Å². The third-order valence-electron chi connectivity index (χ3n) is 3.04. The Morgan fingerprint density at radius 2 is 2.25 bits per heavy atom. The minimum Gasteiger partial charge on any atom is -0.370 e. The monoisotopic (exact) mass is 311 g/mol. The van der Waals surface area contributed by atoms with Crippen molar-refractivity contribution in [3.8, 4) is 11.8 Å². The smallest absolute Gasteiger partial charge is 0.298 e. The highest BCUT2D eigenvalue weighted by Crippen LogP contribution is 2.28. The predicted molar refractivity (Wildman–Crippen MR) is 79.8 cm³/mol. The SMILES string of the molecule is CCC#CC(=O)N1CCOC(c2ccc(Cl)c(Cl)c2)C1. The number of hydrogen-bond acceptors (Lipinski definition) is 2. The van der Waals surface area contributed by atoms with Crippen LogP contribution >= 0.6 is 23.2 Å². The first-order valence-electron chi connectivity index (χ1n) is 6.46. The fraction of sp³-hybridized carbons (Fsp3) is 0.400. The van der Waals surface area contributed by atoms with E-state index in [2.05, 4.69) is 11.8 Å². The lowest BCUT2D eigenvalue weighted by molar-refractivity contribution is -0.132. The number of ether oxygens (including phenoxy) is 1. The summed E-state index contributed by atoms with van der Waals surface area (Å²) in [6, 6.07) is 5.38. The largest absolute Gasteiger partial charge is 0.370 e. The summed E-state index contributed by atoms with van der Waals surface area (Å²) in [5.41, 5.74) is 0.917. The molecule has 0 aromatic heterocycles. The van der Waals surface area contributed by atoms with Gasteiger partial charge in [0, 0.05) is 13.0 Å². The van der Waals surface area contributed by atoms with Crippen molar-refractivity contribution < 1.29 is 9.53 Å². The molecule has 1 aliphatic rings. The molecule has 1 aromatic rings. The van der Waals surface area contributed by atoms with Crippen molar-refractivity contribution in [2.24, 2.45) is 0 Å². The standard InChI is InChI=1S/C15H15Cl2NO2/c1-2-3-4-15(19)18-7-8-20-14(10-18)11-5-6-12(16)13(17)9-11/h5-6,9,14H,2,7-8,10H2,1H3. The Labute approximate surface area is 128 Å². The van der Waals surface area contributed by atoms with Crippen LogP contribution < -0.4 is 0 Å². The second-order valence-electron chi connectivity index (χ2n) is 4.44. The molecule has 1 unspecified atom stereocenters. The number of halogens is 2. The number of amides is 1. The molecule has 1 amide bonds. The number of nitrogens with zero attached hydrogens (tertiary/aromatic N) is 1. The van der Waals surface area contributed by atoms with E-state index in [0.717, 1.165) is 5.56 Å². The summed E-state index contributed by atoms with van der Waals surface area (Å²) in [6.45, 7) is 3.45. The summed E-state index contributed by atoms with van der Waals surface area (Å²) >= 11 is 11.9. The molecule has 0 aliphatic carbocycles. The average molecular weight is 312 g/mol. The fourth-order valence-electron chi connectivity index (χ4n) is 1.99. The molecule has 1 heterocycles. The Kier molecular flexibility index (Phi) is 5.31. The summed E-state index contributed by atoms with van der Waals surface area (Å²) in [4.78, 5) is 13.6. The lowest BCUT2D eigenvalue weighted by Crippen LogP contribution is -2.41. The van der Waals surface area contributed by atoms with Gasteiger partial charge < -0.3 is 9.64 Å². The molecule has 0 bridgehead atoms. The number of carbonyl (C=O) groups is 1. The Bertz CT molecular complexity index is 563. The minimum atomic E-state index is -0.189. The lowest BCUT2D eigenvalue weighted by atomic mass is 10.1. The maximum atomic E-state index is 11.9. The van der Waals surface area contributed by atoms with Crippen molar-refractivity contribution >= 4 is 29.1 Å². The maximum absolute atomic E-state index is 11.9. The minimum absolute atomic E-state index is 0.153. The second-order valence-corrected chi connectivity index (χ2v) is 5.25. The van der Waals surface area contributed by atoms with E-state index in [4.69, 9.17) is 27.9 Å². The van der Waals surface area contributed by atoms with Gasteiger partial charge in [0.2, 0.25) is 0 Å². The Hall–Kier alpha value is -1.21. The van der Waals surface area contributed by atoms with Gasteiger partial charge in [0.05, 0.1) is 23.2 Å². The molecule has 3 nitrogen and oxygen atoms in total. The molecule has 0 saturated carbocycles. The van der Waals surface area contributed by atoms with Crippen LogP contribution in [-0.4, -0.2) is 30.5 Å². The van der Waals surface area contributed by atoms with Crippen molar-refractivity contribution in [3.05, 3.63) is 33.8 Å². The van der Waals surface area contributed by atoms with Crippen LogP contribution in [0.15, 0.2) is 18.2 Å². The molecule has 1 aliphatic heterocycles. The molecule has 5 heteroatoms. The molecular weight excluding hydrogens is 297 g/mol. The van der Waals surface area contributed by atoms with Gasteiger partial charge in [-0.05, 0) is 23.6 Å². The molecule has 20 heavy (non-hydrogen) atoms. The summed E-state index contributed by atoms with van der Waals surface area (Å²) in [6.07, 6.45) is 0.484. The van der Waals surface area contributed by atoms with E-state index in [9.17, 15) is 4.79 Å². The molecule has 0 spiro atoms. The van der Waals surface area contributed by atoms with Crippen molar-refractivity contribution in [2.75, 3.05) is 19.7 Å². The third-order valence-corrected chi connectivity index (χ3v) is 3.78. The van der Waals surface area contributed by atoms with Gasteiger partial charge in [-0.15, -0.1) is 0 Å². The van der Waals surface area contributed by atoms with Crippen LogP contribution in [0, 0.1) is 11.8 Å². The third kappa shape index (κ3) is 3.67. The van der Waals surface area contributed by atoms with E-state index in [1.165, 1.54) is 0 Å². The lowest BCUT2D eigenvalue weighted by Gasteiger charge is -2.32.